The Balaban J connectivity index is 1.70. The molecule has 0 N–H and O–H groups in total. The highest BCUT2D eigenvalue weighted by Crippen LogP contribution is 2.28. The number of hydrogen-bond acceptors (Lipinski definition) is 5. The van der Waals surface area contributed by atoms with Gasteiger partial charge >= 0.3 is 0 Å². The number of thiophene rings is 1. The van der Waals surface area contributed by atoms with Gasteiger partial charge < -0.3 is 9.64 Å². The van der Waals surface area contributed by atoms with E-state index >= 15 is 0 Å². The standard InChI is InChI=1S/C19H21N3O3S/c1-13(14-6-4-5-7-16(14)25-3)21(2)17(23)8-10-22-12-20-18-15(19(22)24)9-11-26-18/h4-7,9,11-13H,8,10H2,1-3H3. The van der Waals surface area contributed by atoms with E-state index in [4.69, 9.17) is 4.74 Å². The lowest BCUT2D eigenvalue weighted by atomic mass is 10.1. The van der Waals surface area contributed by atoms with E-state index in [0.717, 1.165) is 16.1 Å². The van der Waals surface area contributed by atoms with E-state index in [1.54, 1.807) is 25.1 Å². The molecule has 1 aromatic carbocycles. The van der Waals surface area contributed by atoms with Gasteiger partial charge in [-0.25, -0.2) is 4.98 Å². The molecule has 0 aliphatic heterocycles. The van der Waals surface area contributed by atoms with Gasteiger partial charge in [0.1, 0.15) is 10.6 Å². The first kappa shape index (κ1) is 18.1. The normalized spacial score (nSPS) is 12.1. The first-order chi connectivity index (χ1) is 12.5. The predicted molar refractivity (Wildman–Crippen MR) is 103 cm³/mol. The van der Waals surface area contributed by atoms with Gasteiger partial charge in [-0.3, -0.25) is 14.2 Å². The van der Waals surface area contributed by atoms with Crippen molar-refractivity contribution < 1.29 is 9.53 Å². The molecule has 0 saturated carbocycles. The molecule has 3 rings (SSSR count). The minimum Gasteiger partial charge on any atom is -0.496 e. The molecule has 0 aliphatic rings. The number of para-hydroxylation sites is 1. The minimum absolute atomic E-state index is 0.0410. The largest absolute Gasteiger partial charge is 0.496 e. The summed E-state index contributed by atoms with van der Waals surface area (Å²) in [5.41, 5.74) is 0.842. The van der Waals surface area contributed by atoms with Crippen LogP contribution < -0.4 is 10.3 Å². The summed E-state index contributed by atoms with van der Waals surface area (Å²) in [6, 6.07) is 9.29. The van der Waals surface area contributed by atoms with Gasteiger partial charge in [-0.05, 0) is 24.4 Å². The van der Waals surface area contributed by atoms with Crippen LogP contribution in [0.1, 0.15) is 24.9 Å². The highest BCUT2D eigenvalue weighted by atomic mass is 32.1. The highest BCUT2D eigenvalue weighted by Gasteiger charge is 2.20. The summed E-state index contributed by atoms with van der Waals surface area (Å²) < 4.78 is 6.88. The molecule has 2 heterocycles. The van der Waals surface area contributed by atoms with Crippen LogP contribution in [-0.4, -0.2) is 34.5 Å². The molecule has 0 spiro atoms. The van der Waals surface area contributed by atoms with Gasteiger partial charge in [-0.1, -0.05) is 18.2 Å². The average molecular weight is 371 g/mol. The van der Waals surface area contributed by atoms with Crippen molar-refractivity contribution in [3.8, 4) is 5.75 Å². The summed E-state index contributed by atoms with van der Waals surface area (Å²) in [7, 11) is 3.38. The van der Waals surface area contributed by atoms with Crippen LogP contribution in [0.5, 0.6) is 5.75 Å². The third-order valence-corrected chi connectivity index (χ3v) is 5.40. The number of hydrogen-bond donors (Lipinski definition) is 0. The van der Waals surface area contributed by atoms with Crippen molar-refractivity contribution in [1.29, 1.82) is 0 Å². The van der Waals surface area contributed by atoms with Gasteiger partial charge in [0.05, 0.1) is 24.9 Å². The van der Waals surface area contributed by atoms with Gasteiger partial charge in [0, 0.05) is 25.6 Å². The molecule has 2 aromatic heterocycles. The van der Waals surface area contributed by atoms with E-state index < -0.39 is 0 Å². The lowest BCUT2D eigenvalue weighted by Gasteiger charge is -2.26. The third-order valence-electron chi connectivity index (χ3n) is 4.58. The van der Waals surface area contributed by atoms with Gasteiger partial charge in [-0.15, -0.1) is 11.3 Å². The molecule has 1 unspecified atom stereocenters. The van der Waals surface area contributed by atoms with Crippen LogP contribution in [0.3, 0.4) is 0 Å². The summed E-state index contributed by atoms with van der Waals surface area (Å²) in [5, 5.41) is 2.44. The molecule has 6 nitrogen and oxygen atoms in total. The fraction of sp³-hybridized carbons (Fsp3) is 0.316. The maximum atomic E-state index is 12.6. The lowest BCUT2D eigenvalue weighted by molar-refractivity contribution is -0.132. The summed E-state index contributed by atoms with van der Waals surface area (Å²) in [4.78, 5) is 31.7. The van der Waals surface area contributed by atoms with Crippen LogP contribution in [0.2, 0.25) is 0 Å². The Labute approximate surface area is 155 Å². The maximum Gasteiger partial charge on any atom is 0.262 e. The van der Waals surface area contributed by atoms with Crippen molar-refractivity contribution >= 4 is 27.5 Å². The van der Waals surface area contributed by atoms with Gasteiger partial charge in [-0.2, -0.15) is 0 Å². The molecule has 1 amide bonds. The summed E-state index contributed by atoms with van der Waals surface area (Å²) in [5.74, 6) is 0.712. The van der Waals surface area contributed by atoms with Crippen molar-refractivity contribution in [3.63, 3.8) is 0 Å². The van der Waals surface area contributed by atoms with E-state index in [1.165, 1.54) is 22.2 Å². The number of amides is 1. The van der Waals surface area contributed by atoms with Gasteiger partial charge in [0.25, 0.3) is 5.56 Å². The summed E-state index contributed by atoms with van der Waals surface area (Å²) in [6.45, 7) is 2.26. The fourth-order valence-corrected chi connectivity index (χ4v) is 3.60. The monoisotopic (exact) mass is 371 g/mol. The number of aryl methyl sites for hydroxylation is 1. The van der Waals surface area contributed by atoms with E-state index in [2.05, 4.69) is 4.98 Å². The summed E-state index contributed by atoms with van der Waals surface area (Å²) in [6.07, 6.45) is 1.74. The van der Waals surface area contributed by atoms with E-state index in [-0.39, 0.29) is 23.9 Å². The quantitative estimate of drug-likeness (QED) is 0.668. The molecule has 26 heavy (non-hydrogen) atoms. The number of rotatable bonds is 6. The molecular weight excluding hydrogens is 350 g/mol. The number of ether oxygens (including phenoxy) is 1. The first-order valence-corrected chi connectivity index (χ1v) is 9.22. The number of benzene rings is 1. The Morgan fingerprint density at radius 3 is 2.88 bits per heavy atom. The molecule has 0 bridgehead atoms. The second-order valence-corrected chi connectivity index (χ2v) is 6.95. The van der Waals surface area contributed by atoms with Gasteiger partial charge in [0.15, 0.2) is 0 Å². The van der Waals surface area contributed by atoms with E-state index in [9.17, 15) is 9.59 Å². The van der Waals surface area contributed by atoms with Crippen molar-refractivity contribution in [3.05, 3.63) is 58.0 Å². The molecule has 1 atom stereocenters. The number of nitrogens with zero attached hydrogens (tertiary/aromatic N) is 3. The molecule has 3 aromatic rings. The Bertz CT molecular complexity index is 979. The molecular formula is C19H21N3O3S. The van der Waals surface area contributed by atoms with Crippen LogP contribution in [0.25, 0.3) is 10.2 Å². The average Bonchev–Trinajstić information content (AvgIpc) is 3.15. The molecule has 0 saturated heterocycles. The van der Waals surface area contributed by atoms with Crippen LogP contribution in [0, 0.1) is 0 Å². The Morgan fingerprint density at radius 2 is 2.12 bits per heavy atom. The smallest absolute Gasteiger partial charge is 0.262 e. The number of fused-ring (bicyclic) bond motifs is 1. The minimum atomic E-state index is -0.132. The maximum absolute atomic E-state index is 12.6. The fourth-order valence-electron chi connectivity index (χ4n) is 2.88. The van der Waals surface area contributed by atoms with Crippen molar-refractivity contribution in [1.82, 2.24) is 14.5 Å². The Hall–Kier alpha value is -2.67. The van der Waals surface area contributed by atoms with Crippen molar-refractivity contribution in [2.24, 2.45) is 0 Å². The number of methoxy groups -OCH3 is 1. The van der Waals surface area contributed by atoms with E-state index in [1.807, 2.05) is 36.6 Å². The van der Waals surface area contributed by atoms with Crippen LogP contribution in [-0.2, 0) is 11.3 Å². The molecule has 0 fully saturated rings. The second kappa shape index (κ2) is 7.70. The number of carbonyl (C=O) groups is 1. The van der Waals surface area contributed by atoms with Crippen LogP contribution >= 0.6 is 11.3 Å². The third kappa shape index (κ3) is 3.48. The van der Waals surface area contributed by atoms with Crippen molar-refractivity contribution in [2.45, 2.75) is 25.9 Å². The molecule has 136 valence electrons. The van der Waals surface area contributed by atoms with Crippen molar-refractivity contribution in [2.75, 3.05) is 14.2 Å². The molecule has 0 aliphatic carbocycles. The molecule has 0 radical (unpaired) electrons. The van der Waals surface area contributed by atoms with Gasteiger partial charge in [0.2, 0.25) is 5.91 Å². The number of aromatic nitrogens is 2. The first-order valence-electron chi connectivity index (χ1n) is 8.34. The van der Waals surface area contributed by atoms with E-state index in [0.29, 0.717) is 11.9 Å². The Kier molecular flexibility index (Phi) is 5.37. The topological polar surface area (TPSA) is 64.4 Å². The molecule has 7 heteroatoms. The lowest BCUT2D eigenvalue weighted by Crippen LogP contribution is -2.31. The van der Waals surface area contributed by atoms with Crippen LogP contribution in [0.4, 0.5) is 0 Å². The van der Waals surface area contributed by atoms with Crippen LogP contribution in [0.15, 0.2) is 46.8 Å². The zero-order valence-electron chi connectivity index (χ0n) is 15.0. The SMILES string of the molecule is COc1ccccc1C(C)N(C)C(=O)CCn1cnc2sccc2c1=O. The summed E-state index contributed by atoms with van der Waals surface area (Å²) >= 11 is 1.43. The predicted octanol–water partition coefficient (Wildman–Crippen LogP) is 3.08. The zero-order valence-corrected chi connectivity index (χ0v) is 15.8. The second-order valence-electron chi connectivity index (χ2n) is 6.06. The zero-order chi connectivity index (χ0) is 18.7. The Morgan fingerprint density at radius 1 is 1.35 bits per heavy atom. The highest BCUT2D eigenvalue weighted by molar-refractivity contribution is 7.16. The number of carbonyl (C=O) groups excluding carboxylic acids is 1.